The van der Waals surface area contributed by atoms with E-state index in [4.69, 9.17) is 20.2 Å². The van der Waals surface area contributed by atoms with E-state index in [1.807, 2.05) is 17.9 Å². The molecule has 0 saturated carbocycles. The normalized spacial score (nSPS) is 13.9. The molecule has 3 aromatic rings. The van der Waals surface area contributed by atoms with Crippen molar-refractivity contribution >= 4 is 17.8 Å². The zero-order valence-electron chi connectivity index (χ0n) is 21.0. The fourth-order valence-electron chi connectivity index (χ4n) is 4.13. The Bertz CT molecular complexity index is 1210. The van der Waals surface area contributed by atoms with Crippen LogP contribution in [0.15, 0.2) is 48.9 Å². The van der Waals surface area contributed by atoms with Crippen molar-refractivity contribution in [3.63, 3.8) is 0 Å². The monoisotopic (exact) mass is 492 g/mol. The van der Waals surface area contributed by atoms with E-state index in [1.165, 1.54) is 27.9 Å². The number of aromatic nitrogens is 4. The minimum Gasteiger partial charge on any atom is -0.478 e. The van der Waals surface area contributed by atoms with Gasteiger partial charge in [0.1, 0.15) is 5.69 Å². The van der Waals surface area contributed by atoms with Gasteiger partial charge in [0.15, 0.2) is 5.82 Å². The second kappa shape index (κ2) is 12.1. The topological polar surface area (TPSA) is 125 Å². The van der Waals surface area contributed by atoms with E-state index in [-0.39, 0.29) is 0 Å². The first-order valence-corrected chi connectivity index (χ1v) is 11.6. The quantitative estimate of drug-likeness (QED) is 0.500. The standard InChI is InChI=1S/C22H28N6.C4H4O4/c1-16-6-5-7-17(2)20(16)21-22(24-9-8-23-21)28-12-10-27(11-13-28)15-19-14-25-26(4)18(19)3;5-3(6)1-2-4(7)8/h5-9,14H,10-13,15H2,1-4H3;1-2H,(H,5,6)(H,7,8)/b;2-1+. The number of aryl methyl sites for hydroxylation is 3. The molecule has 4 rings (SSSR count). The van der Waals surface area contributed by atoms with Crippen molar-refractivity contribution in [2.75, 3.05) is 31.1 Å². The minimum atomic E-state index is -1.26. The summed E-state index contributed by atoms with van der Waals surface area (Å²) in [6.45, 7) is 11.3. The number of hydrogen-bond donors (Lipinski definition) is 2. The Labute approximate surface area is 210 Å². The molecule has 0 atom stereocenters. The molecule has 0 unspecified atom stereocenters. The van der Waals surface area contributed by atoms with E-state index in [2.05, 4.69) is 53.9 Å². The summed E-state index contributed by atoms with van der Waals surface area (Å²) in [6, 6.07) is 6.40. The Morgan fingerprint density at radius 1 is 0.944 bits per heavy atom. The molecule has 0 radical (unpaired) electrons. The number of carboxylic acid groups (broad SMARTS) is 2. The third-order valence-electron chi connectivity index (χ3n) is 6.17. The van der Waals surface area contributed by atoms with Crippen LogP contribution in [0.4, 0.5) is 5.82 Å². The Hall–Kier alpha value is -4.05. The molecule has 1 aliphatic rings. The van der Waals surface area contributed by atoms with Crippen LogP contribution in [0.25, 0.3) is 11.3 Å². The summed E-state index contributed by atoms with van der Waals surface area (Å²) >= 11 is 0. The molecule has 10 nitrogen and oxygen atoms in total. The lowest BCUT2D eigenvalue weighted by atomic mass is 9.99. The van der Waals surface area contributed by atoms with Gasteiger partial charge >= 0.3 is 11.9 Å². The Kier molecular flexibility index (Phi) is 8.91. The maximum Gasteiger partial charge on any atom is 0.328 e. The third kappa shape index (κ3) is 6.76. The fraction of sp³-hybridized carbons (Fsp3) is 0.346. The molecule has 0 aliphatic carbocycles. The van der Waals surface area contributed by atoms with Gasteiger partial charge in [-0.05, 0) is 31.9 Å². The van der Waals surface area contributed by atoms with E-state index in [0.29, 0.717) is 12.2 Å². The summed E-state index contributed by atoms with van der Waals surface area (Å²) < 4.78 is 1.95. The van der Waals surface area contributed by atoms with Crippen LogP contribution in [-0.4, -0.2) is 73.0 Å². The molecule has 3 heterocycles. The van der Waals surface area contributed by atoms with Crippen LogP contribution in [0, 0.1) is 20.8 Å². The molecule has 10 heteroatoms. The molecule has 2 aromatic heterocycles. The largest absolute Gasteiger partial charge is 0.478 e. The van der Waals surface area contributed by atoms with E-state index in [9.17, 15) is 9.59 Å². The molecule has 0 amide bonds. The van der Waals surface area contributed by atoms with Crippen LogP contribution in [0.2, 0.25) is 0 Å². The van der Waals surface area contributed by atoms with Gasteiger partial charge in [0.05, 0.1) is 6.20 Å². The van der Waals surface area contributed by atoms with Crippen LogP contribution < -0.4 is 4.90 Å². The Morgan fingerprint density at radius 2 is 1.53 bits per heavy atom. The van der Waals surface area contributed by atoms with E-state index in [1.54, 1.807) is 12.4 Å². The molecular weight excluding hydrogens is 460 g/mol. The number of piperazine rings is 1. The fourth-order valence-corrected chi connectivity index (χ4v) is 4.13. The highest BCUT2D eigenvalue weighted by atomic mass is 16.4. The smallest absolute Gasteiger partial charge is 0.328 e. The molecule has 190 valence electrons. The van der Waals surface area contributed by atoms with E-state index in [0.717, 1.165) is 44.2 Å². The van der Waals surface area contributed by atoms with Crippen LogP contribution in [0.3, 0.4) is 0 Å². The number of carboxylic acids is 2. The first-order valence-electron chi connectivity index (χ1n) is 11.6. The molecule has 1 aliphatic heterocycles. The van der Waals surface area contributed by atoms with Crippen molar-refractivity contribution < 1.29 is 19.8 Å². The number of anilines is 1. The van der Waals surface area contributed by atoms with E-state index >= 15 is 0 Å². The number of hydrogen-bond acceptors (Lipinski definition) is 7. The maximum absolute atomic E-state index is 9.55. The average Bonchev–Trinajstić information content (AvgIpc) is 3.16. The zero-order chi connectivity index (χ0) is 26.2. The molecular formula is C26H32N6O4. The highest BCUT2D eigenvalue weighted by molar-refractivity contribution is 5.89. The number of aliphatic carboxylic acids is 2. The van der Waals surface area contributed by atoms with Gasteiger partial charge in [-0.1, -0.05) is 18.2 Å². The van der Waals surface area contributed by atoms with Gasteiger partial charge in [0, 0.05) is 81.1 Å². The Balaban J connectivity index is 0.000000392. The molecule has 1 saturated heterocycles. The summed E-state index contributed by atoms with van der Waals surface area (Å²) in [5.41, 5.74) is 7.24. The van der Waals surface area contributed by atoms with Gasteiger partial charge in [0.25, 0.3) is 0 Å². The second-order valence-electron chi connectivity index (χ2n) is 8.65. The number of nitrogens with zero attached hydrogens (tertiary/aromatic N) is 6. The van der Waals surface area contributed by atoms with Crippen LogP contribution in [0.1, 0.15) is 22.4 Å². The van der Waals surface area contributed by atoms with Crippen molar-refractivity contribution in [2.45, 2.75) is 27.3 Å². The molecule has 2 N–H and O–H groups in total. The maximum atomic E-state index is 9.55. The van der Waals surface area contributed by atoms with Crippen LogP contribution in [0.5, 0.6) is 0 Å². The average molecular weight is 493 g/mol. The van der Waals surface area contributed by atoms with Crippen molar-refractivity contribution in [1.29, 1.82) is 0 Å². The molecule has 0 bridgehead atoms. The van der Waals surface area contributed by atoms with Gasteiger partial charge in [0.2, 0.25) is 0 Å². The van der Waals surface area contributed by atoms with E-state index < -0.39 is 11.9 Å². The summed E-state index contributed by atoms with van der Waals surface area (Å²) in [6.07, 6.45) is 6.71. The summed E-state index contributed by atoms with van der Waals surface area (Å²) in [5, 5.41) is 20.0. The van der Waals surface area contributed by atoms with Gasteiger partial charge in [-0.2, -0.15) is 5.10 Å². The highest BCUT2D eigenvalue weighted by Crippen LogP contribution is 2.32. The van der Waals surface area contributed by atoms with Gasteiger partial charge in [-0.3, -0.25) is 14.6 Å². The van der Waals surface area contributed by atoms with Crippen molar-refractivity contribution in [2.24, 2.45) is 7.05 Å². The van der Waals surface area contributed by atoms with Crippen LogP contribution >= 0.6 is 0 Å². The first-order chi connectivity index (χ1) is 17.2. The lowest BCUT2D eigenvalue weighted by Gasteiger charge is -2.36. The van der Waals surface area contributed by atoms with Crippen LogP contribution in [-0.2, 0) is 23.2 Å². The first kappa shape index (κ1) is 26.6. The summed E-state index contributed by atoms with van der Waals surface area (Å²) in [4.78, 5) is 33.4. The number of carbonyl (C=O) groups is 2. The van der Waals surface area contributed by atoms with Gasteiger partial charge in [-0.25, -0.2) is 14.6 Å². The lowest BCUT2D eigenvalue weighted by molar-refractivity contribution is -0.134. The SMILES string of the molecule is Cc1cccc(C)c1-c1nccnc1N1CCN(Cc2cnn(C)c2C)CC1.O=C(O)/C=C/C(=O)O. The lowest BCUT2D eigenvalue weighted by Crippen LogP contribution is -2.46. The van der Waals surface area contributed by atoms with Crippen molar-refractivity contribution in [1.82, 2.24) is 24.6 Å². The molecule has 1 aromatic carbocycles. The van der Waals surface area contributed by atoms with Gasteiger partial charge in [-0.15, -0.1) is 0 Å². The number of rotatable bonds is 6. The third-order valence-corrected chi connectivity index (χ3v) is 6.17. The highest BCUT2D eigenvalue weighted by Gasteiger charge is 2.23. The predicted octanol–water partition coefficient (Wildman–Crippen LogP) is 2.84. The second-order valence-corrected chi connectivity index (χ2v) is 8.65. The van der Waals surface area contributed by atoms with Crippen molar-refractivity contribution in [3.05, 3.63) is 71.3 Å². The summed E-state index contributed by atoms with van der Waals surface area (Å²) in [5.74, 6) is -1.52. The predicted molar refractivity (Wildman–Crippen MR) is 137 cm³/mol. The summed E-state index contributed by atoms with van der Waals surface area (Å²) in [7, 11) is 2.00. The Morgan fingerprint density at radius 3 is 2.06 bits per heavy atom. The van der Waals surface area contributed by atoms with Gasteiger partial charge < -0.3 is 15.1 Å². The number of benzene rings is 1. The zero-order valence-corrected chi connectivity index (χ0v) is 21.0. The molecule has 0 spiro atoms. The van der Waals surface area contributed by atoms with Crippen molar-refractivity contribution in [3.8, 4) is 11.3 Å². The molecule has 1 fully saturated rings. The molecule has 36 heavy (non-hydrogen) atoms. The minimum absolute atomic E-state index is 0.558.